The highest BCUT2D eigenvalue weighted by atomic mass is 16.5. The molecule has 162 valence electrons. The second-order valence-electron chi connectivity index (χ2n) is 7.30. The Bertz CT molecular complexity index is 1300. The largest absolute Gasteiger partial charge is 0.461 e. The molecule has 2 amide bonds. The van der Waals surface area contributed by atoms with Crippen molar-refractivity contribution < 1.29 is 18.7 Å². The molecule has 0 fully saturated rings. The highest BCUT2D eigenvalue weighted by Gasteiger charge is 2.17. The zero-order valence-corrected chi connectivity index (χ0v) is 17.9. The number of ether oxygens (including phenoxy) is 1. The summed E-state index contributed by atoms with van der Waals surface area (Å²) >= 11 is 0. The third-order valence-electron chi connectivity index (χ3n) is 4.49. The average Bonchev–Trinajstić information content (AvgIpc) is 3.15. The molecule has 3 aromatic heterocycles. The molecule has 0 saturated heterocycles. The van der Waals surface area contributed by atoms with Gasteiger partial charge in [-0.25, -0.2) is 15.0 Å². The van der Waals surface area contributed by atoms with E-state index in [1.165, 1.54) is 23.5 Å². The number of fused-ring (bicyclic) bond motifs is 1. The maximum atomic E-state index is 12.8. The van der Waals surface area contributed by atoms with Gasteiger partial charge in [-0.05, 0) is 32.0 Å². The number of hydrogen-bond donors (Lipinski definition) is 1. The number of carbonyl (C=O) groups excluding carboxylic acids is 2. The summed E-state index contributed by atoms with van der Waals surface area (Å²) in [5.41, 5.74) is 1.84. The van der Waals surface area contributed by atoms with Crippen molar-refractivity contribution in [2.24, 2.45) is 0 Å². The Morgan fingerprint density at radius 1 is 0.938 bits per heavy atom. The van der Waals surface area contributed by atoms with Gasteiger partial charge in [0.1, 0.15) is 17.1 Å². The van der Waals surface area contributed by atoms with Gasteiger partial charge in [-0.2, -0.15) is 0 Å². The van der Waals surface area contributed by atoms with Crippen molar-refractivity contribution in [1.82, 2.24) is 24.8 Å². The highest BCUT2D eigenvalue weighted by molar-refractivity contribution is 6.06. The van der Waals surface area contributed by atoms with Gasteiger partial charge in [-0.1, -0.05) is 0 Å². The second kappa shape index (κ2) is 8.42. The lowest BCUT2D eigenvalue weighted by molar-refractivity contribution is 0.0826. The van der Waals surface area contributed by atoms with Crippen LogP contribution < -0.4 is 10.1 Å². The molecule has 1 N–H and O–H groups in total. The van der Waals surface area contributed by atoms with Crippen LogP contribution in [-0.4, -0.2) is 50.7 Å². The van der Waals surface area contributed by atoms with E-state index >= 15 is 0 Å². The minimum Gasteiger partial charge on any atom is -0.461 e. The Morgan fingerprint density at radius 3 is 2.34 bits per heavy atom. The van der Waals surface area contributed by atoms with E-state index in [1.54, 1.807) is 52.3 Å². The molecule has 3 heterocycles. The number of benzene rings is 1. The number of nitrogens with one attached hydrogen (secondary N) is 1. The summed E-state index contributed by atoms with van der Waals surface area (Å²) in [6.07, 6.45) is 5.81. The molecular weight excluding hydrogens is 412 g/mol. The van der Waals surface area contributed by atoms with Crippen molar-refractivity contribution in [3.63, 3.8) is 0 Å². The maximum Gasteiger partial charge on any atom is 0.321 e. The third-order valence-corrected chi connectivity index (χ3v) is 4.49. The van der Waals surface area contributed by atoms with Gasteiger partial charge in [-0.3, -0.25) is 14.6 Å². The number of hydrogen-bond acceptors (Lipinski definition) is 8. The van der Waals surface area contributed by atoms with Crippen LogP contribution in [0, 0.1) is 13.8 Å². The van der Waals surface area contributed by atoms with E-state index in [-0.39, 0.29) is 11.9 Å². The van der Waals surface area contributed by atoms with Gasteiger partial charge in [0.2, 0.25) is 0 Å². The van der Waals surface area contributed by atoms with Gasteiger partial charge in [0.15, 0.2) is 5.82 Å². The molecule has 1 aromatic carbocycles. The number of carbonyl (C=O) groups is 2. The first-order chi connectivity index (χ1) is 15.3. The Hall–Kier alpha value is -4.34. The molecule has 0 radical (unpaired) electrons. The predicted octanol–water partition coefficient (Wildman–Crippen LogP) is 3.38. The van der Waals surface area contributed by atoms with Crippen LogP contribution in [0.2, 0.25) is 0 Å². The average molecular weight is 432 g/mol. The fraction of sp³-hybridized carbons (Fsp3) is 0.182. The van der Waals surface area contributed by atoms with E-state index in [4.69, 9.17) is 9.15 Å². The molecule has 0 atom stereocenters. The van der Waals surface area contributed by atoms with E-state index in [0.29, 0.717) is 39.4 Å². The number of furan rings is 1. The normalized spacial score (nSPS) is 10.8. The van der Waals surface area contributed by atoms with Crippen molar-refractivity contribution in [1.29, 1.82) is 0 Å². The highest BCUT2D eigenvalue weighted by Crippen LogP contribution is 2.33. The zero-order chi connectivity index (χ0) is 22.8. The Morgan fingerprint density at radius 2 is 1.69 bits per heavy atom. The summed E-state index contributed by atoms with van der Waals surface area (Å²) in [4.78, 5) is 42.7. The molecule has 0 aliphatic carbocycles. The number of aryl methyl sites for hydroxylation is 2. The Balaban J connectivity index is 1.64. The Kier molecular flexibility index (Phi) is 5.50. The number of nitrogens with zero attached hydrogens (tertiary/aromatic N) is 5. The molecule has 10 heteroatoms. The monoisotopic (exact) mass is 432 g/mol. The SMILES string of the molecule is Cc1cnc(NC(=O)c2cc(Oc3ncc(C(=O)N(C)C)cn3)c3cc(C)oc3c2)cn1. The molecule has 0 spiro atoms. The quantitative estimate of drug-likeness (QED) is 0.509. The topological polar surface area (TPSA) is 123 Å². The molecule has 32 heavy (non-hydrogen) atoms. The molecule has 0 saturated carbocycles. The molecular formula is C22H20N6O4. The fourth-order valence-electron chi connectivity index (χ4n) is 2.93. The zero-order valence-electron chi connectivity index (χ0n) is 17.9. The van der Waals surface area contributed by atoms with Crippen LogP contribution in [0.3, 0.4) is 0 Å². The number of rotatable bonds is 5. The minimum absolute atomic E-state index is 0.0300. The molecule has 4 rings (SSSR count). The van der Waals surface area contributed by atoms with Crippen LogP contribution in [0.25, 0.3) is 11.0 Å². The van der Waals surface area contributed by atoms with Crippen molar-refractivity contribution >= 4 is 28.6 Å². The molecule has 0 aliphatic rings. The standard InChI is InChI=1S/C22H20N6O4/c1-12-8-24-19(11-23-12)27-20(29)14-6-17-16(5-13(2)31-17)18(7-14)32-22-25-9-15(10-26-22)21(30)28(3)4/h5-11H,1-4H3,(H,24,27,29). The van der Waals surface area contributed by atoms with Crippen LogP contribution in [-0.2, 0) is 0 Å². The van der Waals surface area contributed by atoms with E-state index in [1.807, 2.05) is 0 Å². The van der Waals surface area contributed by atoms with E-state index in [2.05, 4.69) is 25.3 Å². The van der Waals surface area contributed by atoms with Crippen molar-refractivity contribution in [2.45, 2.75) is 13.8 Å². The lowest BCUT2D eigenvalue weighted by atomic mass is 10.1. The molecule has 10 nitrogen and oxygen atoms in total. The smallest absolute Gasteiger partial charge is 0.321 e. The summed E-state index contributed by atoms with van der Waals surface area (Å²) in [5, 5.41) is 3.35. The third kappa shape index (κ3) is 4.38. The van der Waals surface area contributed by atoms with Gasteiger partial charge < -0.3 is 19.4 Å². The van der Waals surface area contributed by atoms with E-state index < -0.39 is 5.91 Å². The summed E-state index contributed by atoms with van der Waals surface area (Å²) in [7, 11) is 3.28. The van der Waals surface area contributed by atoms with Gasteiger partial charge in [-0.15, -0.1) is 0 Å². The van der Waals surface area contributed by atoms with Crippen molar-refractivity contribution in [3.8, 4) is 11.8 Å². The Labute approximate surface area is 183 Å². The molecule has 0 bridgehead atoms. The first-order valence-electron chi connectivity index (χ1n) is 9.66. The first-order valence-corrected chi connectivity index (χ1v) is 9.66. The lowest BCUT2D eigenvalue weighted by Gasteiger charge is -2.10. The number of aromatic nitrogens is 4. The molecule has 0 aliphatic heterocycles. The van der Waals surface area contributed by atoms with Crippen LogP contribution in [0.15, 0.2) is 47.4 Å². The van der Waals surface area contributed by atoms with E-state index in [0.717, 1.165) is 5.69 Å². The second-order valence-corrected chi connectivity index (χ2v) is 7.30. The summed E-state index contributed by atoms with van der Waals surface area (Å²) in [5.74, 6) is 0.688. The fourth-order valence-corrected chi connectivity index (χ4v) is 2.93. The van der Waals surface area contributed by atoms with Crippen molar-refractivity contribution in [2.75, 3.05) is 19.4 Å². The first kappa shape index (κ1) is 20.9. The van der Waals surface area contributed by atoms with E-state index in [9.17, 15) is 9.59 Å². The number of amides is 2. The van der Waals surface area contributed by atoms with Crippen LogP contribution >= 0.6 is 0 Å². The predicted molar refractivity (Wildman–Crippen MR) is 116 cm³/mol. The summed E-state index contributed by atoms with van der Waals surface area (Å²) in [6.45, 7) is 3.60. The van der Waals surface area contributed by atoms with Gasteiger partial charge >= 0.3 is 6.01 Å². The number of anilines is 1. The van der Waals surface area contributed by atoms with Gasteiger partial charge in [0, 0.05) is 32.1 Å². The maximum absolute atomic E-state index is 12.8. The summed E-state index contributed by atoms with van der Waals surface area (Å²) in [6, 6.07) is 5.01. The minimum atomic E-state index is -0.406. The van der Waals surface area contributed by atoms with Gasteiger partial charge in [0.05, 0.1) is 29.0 Å². The van der Waals surface area contributed by atoms with Crippen LogP contribution in [0.1, 0.15) is 32.2 Å². The van der Waals surface area contributed by atoms with Gasteiger partial charge in [0.25, 0.3) is 11.8 Å². The van der Waals surface area contributed by atoms with Crippen LogP contribution in [0.4, 0.5) is 5.82 Å². The molecule has 4 aromatic rings. The summed E-state index contributed by atoms with van der Waals surface area (Å²) < 4.78 is 11.5. The lowest BCUT2D eigenvalue weighted by Crippen LogP contribution is -2.21. The van der Waals surface area contributed by atoms with Crippen molar-refractivity contribution in [3.05, 3.63) is 65.6 Å². The molecule has 0 unspecified atom stereocenters. The van der Waals surface area contributed by atoms with Crippen LogP contribution in [0.5, 0.6) is 11.8 Å².